The molecule has 7 nitrogen and oxygen atoms in total. The molecule has 190 valence electrons. The zero-order chi connectivity index (χ0) is 26.9. The summed E-state index contributed by atoms with van der Waals surface area (Å²) in [5, 5.41) is 24.4. The summed E-state index contributed by atoms with van der Waals surface area (Å²) in [7, 11) is 0. The first-order chi connectivity index (χ1) is 17.6. The van der Waals surface area contributed by atoms with Gasteiger partial charge in [-0.3, -0.25) is 4.68 Å². The van der Waals surface area contributed by atoms with E-state index in [-0.39, 0.29) is 29.3 Å². The van der Waals surface area contributed by atoms with E-state index in [9.17, 15) is 19.8 Å². The normalized spacial score (nSPS) is 11.1. The third kappa shape index (κ3) is 5.11. The van der Waals surface area contributed by atoms with E-state index in [0.717, 1.165) is 27.9 Å². The highest BCUT2D eigenvalue weighted by atomic mass is 16.5. The zero-order valence-electron chi connectivity index (χ0n) is 21.6. The van der Waals surface area contributed by atoms with Crippen LogP contribution < -0.4 is 4.74 Å². The van der Waals surface area contributed by atoms with Crippen molar-refractivity contribution in [3.05, 3.63) is 94.2 Å². The molecule has 0 radical (unpaired) electrons. The summed E-state index contributed by atoms with van der Waals surface area (Å²) >= 11 is 0. The van der Waals surface area contributed by atoms with Crippen LogP contribution in [0.2, 0.25) is 0 Å². The Kier molecular flexibility index (Phi) is 7.16. The van der Waals surface area contributed by atoms with E-state index in [1.807, 2.05) is 55.1 Å². The average Bonchev–Trinajstić information content (AvgIpc) is 3.34. The van der Waals surface area contributed by atoms with Crippen molar-refractivity contribution in [3.63, 3.8) is 0 Å². The molecule has 0 aliphatic heterocycles. The van der Waals surface area contributed by atoms with E-state index >= 15 is 0 Å². The van der Waals surface area contributed by atoms with Gasteiger partial charge in [-0.05, 0) is 87.2 Å². The number of carboxylic acids is 2. The number of ether oxygens (including phenoxy) is 1. The van der Waals surface area contributed by atoms with Crippen LogP contribution in [-0.4, -0.2) is 31.9 Å². The van der Waals surface area contributed by atoms with Gasteiger partial charge in [0, 0.05) is 28.9 Å². The van der Waals surface area contributed by atoms with Crippen molar-refractivity contribution < 1.29 is 24.5 Å². The Bertz CT molecular complexity index is 1500. The summed E-state index contributed by atoms with van der Waals surface area (Å²) in [6, 6.07) is 16.6. The molecule has 4 rings (SSSR count). The molecule has 0 saturated carbocycles. The predicted octanol–water partition coefficient (Wildman–Crippen LogP) is 6.70. The van der Waals surface area contributed by atoms with Gasteiger partial charge in [0.25, 0.3) is 0 Å². The monoisotopic (exact) mass is 498 g/mol. The van der Waals surface area contributed by atoms with Gasteiger partial charge in [0.15, 0.2) is 0 Å². The van der Waals surface area contributed by atoms with Crippen LogP contribution in [0.1, 0.15) is 62.9 Å². The minimum atomic E-state index is -1.18. The standard InChI is InChI=1S/C30H30N2O5/c1-17(2)32-14-13-25(31-32)21-10-12-26(20(5)15-21)37-16-24-18(3)7-6-8-22(24)28-23(29(33)34)11-9-19(4)27(28)30(35)36/h6-15,17H,16H2,1-5H3,(H,33,34)(H,35,36). The van der Waals surface area contributed by atoms with Crippen molar-refractivity contribution in [3.8, 4) is 28.1 Å². The van der Waals surface area contributed by atoms with Crippen LogP contribution >= 0.6 is 0 Å². The topological polar surface area (TPSA) is 102 Å². The maximum Gasteiger partial charge on any atom is 0.336 e. The van der Waals surface area contributed by atoms with Crippen LogP contribution in [0, 0.1) is 20.8 Å². The number of benzene rings is 3. The molecule has 0 amide bonds. The molecule has 0 saturated heterocycles. The molecule has 0 atom stereocenters. The van der Waals surface area contributed by atoms with E-state index in [2.05, 4.69) is 18.9 Å². The summed E-state index contributed by atoms with van der Waals surface area (Å²) in [5.41, 5.74) is 5.54. The average molecular weight is 499 g/mol. The van der Waals surface area contributed by atoms with Crippen molar-refractivity contribution in [2.24, 2.45) is 0 Å². The number of aromatic carboxylic acids is 2. The second-order valence-electron chi connectivity index (χ2n) is 9.44. The van der Waals surface area contributed by atoms with Gasteiger partial charge in [0.1, 0.15) is 12.4 Å². The summed E-state index contributed by atoms with van der Waals surface area (Å²) < 4.78 is 8.12. The number of nitrogens with zero attached hydrogens (tertiary/aromatic N) is 2. The van der Waals surface area contributed by atoms with Crippen LogP contribution in [0.25, 0.3) is 22.4 Å². The second kappa shape index (κ2) is 10.3. The van der Waals surface area contributed by atoms with E-state index in [1.165, 1.54) is 12.1 Å². The number of aromatic nitrogens is 2. The van der Waals surface area contributed by atoms with Crippen molar-refractivity contribution >= 4 is 11.9 Å². The molecular weight excluding hydrogens is 468 g/mol. The highest BCUT2D eigenvalue weighted by Gasteiger charge is 2.24. The highest BCUT2D eigenvalue weighted by Crippen LogP contribution is 2.35. The largest absolute Gasteiger partial charge is 0.489 e. The van der Waals surface area contributed by atoms with E-state index in [4.69, 9.17) is 4.74 Å². The smallest absolute Gasteiger partial charge is 0.336 e. The lowest BCUT2D eigenvalue weighted by atomic mass is 9.87. The van der Waals surface area contributed by atoms with Crippen LogP contribution in [0.15, 0.2) is 60.8 Å². The summed E-state index contributed by atoms with van der Waals surface area (Å²) in [6.45, 7) is 9.83. The molecule has 37 heavy (non-hydrogen) atoms. The molecule has 0 bridgehead atoms. The van der Waals surface area contributed by atoms with E-state index < -0.39 is 11.9 Å². The minimum absolute atomic E-state index is 0.0203. The van der Waals surface area contributed by atoms with Gasteiger partial charge in [-0.25, -0.2) is 9.59 Å². The molecule has 1 aromatic heterocycles. The SMILES string of the molecule is Cc1cc(-c2ccn(C(C)C)n2)ccc1OCc1c(C)cccc1-c1c(C(=O)O)ccc(C)c1C(=O)O. The lowest BCUT2D eigenvalue weighted by molar-refractivity contribution is 0.0695. The van der Waals surface area contributed by atoms with Gasteiger partial charge in [0.2, 0.25) is 0 Å². The molecule has 1 heterocycles. The lowest BCUT2D eigenvalue weighted by Gasteiger charge is -2.19. The highest BCUT2D eigenvalue weighted by molar-refractivity contribution is 6.06. The third-order valence-electron chi connectivity index (χ3n) is 6.52. The molecule has 2 N–H and O–H groups in total. The van der Waals surface area contributed by atoms with Gasteiger partial charge >= 0.3 is 11.9 Å². The quantitative estimate of drug-likeness (QED) is 0.280. The second-order valence-corrected chi connectivity index (χ2v) is 9.44. The summed E-state index contributed by atoms with van der Waals surface area (Å²) in [6.07, 6.45) is 1.96. The van der Waals surface area contributed by atoms with Crippen molar-refractivity contribution in [2.75, 3.05) is 0 Å². The molecule has 0 fully saturated rings. The lowest BCUT2D eigenvalue weighted by Crippen LogP contribution is -2.11. The number of carbonyl (C=O) groups is 2. The number of rotatable bonds is 8. The molecule has 4 aromatic rings. The van der Waals surface area contributed by atoms with Gasteiger partial charge in [-0.1, -0.05) is 24.3 Å². The third-order valence-corrected chi connectivity index (χ3v) is 6.52. The van der Waals surface area contributed by atoms with Crippen LogP contribution in [0.3, 0.4) is 0 Å². The molecular formula is C30H30N2O5. The molecule has 0 aliphatic carbocycles. The Hall–Kier alpha value is -4.39. The Labute approximate surface area is 216 Å². The van der Waals surface area contributed by atoms with E-state index in [1.54, 1.807) is 19.1 Å². The van der Waals surface area contributed by atoms with Gasteiger partial charge in [-0.15, -0.1) is 0 Å². The number of hydrogen-bond donors (Lipinski definition) is 2. The number of carboxylic acid groups (broad SMARTS) is 2. The van der Waals surface area contributed by atoms with Gasteiger partial charge < -0.3 is 14.9 Å². The molecule has 0 aliphatic rings. The predicted molar refractivity (Wildman–Crippen MR) is 142 cm³/mol. The number of aryl methyl sites for hydroxylation is 3. The molecule has 3 aromatic carbocycles. The molecule has 7 heteroatoms. The first-order valence-corrected chi connectivity index (χ1v) is 12.1. The fraction of sp³-hybridized carbons (Fsp3) is 0.233. The first kappa shape index (κ1) is 25.7. The van der Waals surface area contributed by atoms with Gasteiger partial charge in [-0.2, -0.15) is 5.10 Å². The fourth-order valence-electron chi connectivity index (χ4n) is 4.47. The zero-order valence-corrected chi connectivity index (χ0v) is 21.6. The number of hydrogen-bond acceptors (Lipinski definition) is 4. The maximum absolute atomic E-state index is 12.2. The van der Waals surface area contributed by atoms with Crippen molar-refractivity contribution in [2.45, 2.75) is 47.3 Å². The maximum atomic E-state index is 12.2. The first-order valence-electron chi connectivity index (χ1n) is 12.1. The van der Waals surface area contributed by atoms with Crippen molar-refractivity contribution in [1.29, 1.82) is 0 Å². The molecule has 0 unspecified atom stereocenters. The van der Waals surface area contributed by atoms with Crippen molar-refractivity contribution in [1.82, 2.24) is 9.78 Å². The van der Waals surface area contributed by atoms with Crippen LogP contribution in [0.5, 0.6) is 5.75 Å². The minimum Gasteiger partial charge on any atom is -0.489 e. The fourth-order valence-corrected chi connectivity index (χ4v) is 4.47. The summed E-state index contributed by atoms with van der Waals surface area (Å²) in [5.74, 6) is -1.67. The Balaban J connectivity index is 1.71. The Morgan fingerprint density at radius 2 is 1.68 bits per heavy atom. The Morgan fingerprint density at radius 1 is 0.919 bits per heavy atom. The Morgan fingerprint density at radius 3 is 2.30 bits per heavy atom. The van der Waals surface area contributed by atoms with E-state index in [0.29, 0.717) is 16.9 Å². The van der Waals surface area contributed by atoms with Gasteiger partial charge in [0.05, 0.1) is 16.8 Å². The van der Waals surface area contributed by atoms with Crippen LogP contribution in [0.4, 0.5) is 0 Å². The summed E-state index contributed by atoms with van der Waals surface area (Å²) in [4.78, 5) is 24.2. The van der Waals surface area contributed by atoms with Crippen LogP contribution in [-0.2, 0) is 6.61 Å². The molecule has 0 spiro atoms.